The molecular formula is C20H26FN3O3. The maximum absolute atomic E-state index is 13.4. The third-order valence-electron chi connectivity index (χ3n) is 5.83. The van der Waals surface area contributed by atoms with E-state index in [0.717, 1.165) is 38.0 Å². The van der Waals surface area contributed by atoms with E-state index in [0.29, 0.717) is 12.1 Å². The molecule has 0 amide bonds. The predicted molar refractivity (Wildman–Crippen MR) is 98.0 cm³/mol. The van der Waals surface area contributed by atoms with Crippen molar-refractivity contribution in [2.45, 2.75) is 50.0 Å². The lowest BCUT2D eigenvalue weighted by Crippen LogP contribution is -2.59. The number of halogens is 1. The lowest BCUT2D eigenvalue weighted by molar-refractivity contribution is -0.223. The summed E-state index contributed by atoms with van der Waals surface area (Å²) in [6, 6.07) is 6.38. The van der Waals surface area contributed by atoms with Crippen LogP contribution in [0.3, 0.4) is 0 Å². The summed E-state index contributed by atoms with van der Waals surface area (Å²) in [5, 5.41) is 24.6. The van der Waals surface area contributed by atoms with Crippen molar-refractivity contribution in [3.63, 3.8) is 0 Å². The summed E-state index contributed by atoms with van der Waals surface area (Å²) < 4.78 is 21.0. The van der Waals surface area contributed by atoms with Gasteiger partial charge in [0, 0.05) is 37.8 Å². The highest BCUT2D eigenvalue weighted by atomic mass is 19.1. The second-order valence-electron chi connectivity index (χ2n) is 8.09. The Morgan fingerprint density at radius 3 is 2.81 bits per heavy atom. The third kappa shape index (κ3) is 3.91. The van der Waals surface area contributed by atoms with E-state index in [-0.39, 0.29) is 18.0 Å². The van der Waals surface area contributed by atoms with E-state index >= 15 is 0 Å². The first-order chi connectivity index (χ1) is 12.9. The van der Waals surface area contributed by atoms with Gasteiger partial charge in [-0.2, -0.15) is 5.10 Å². The fourth-order valence-electron chi connectivity index (χ4n) is 4.16. The fourth-order valence-corrected chi connectivity index (χ4v) is 4.16. The molecule has 2 N–H and O–H groups in total. The molecule has 0 bridgehead atoms. The van der Waals surface area contributed by atoms with Crippen molar-refractivity contribution in [1.29, 1.82) is 0 Å². The molecule has 3 heterocycles. The summed E-state index contributed by atoms with van der Waals surface area (Å²) >= 11 is 0. The molecule has 2 aliphatic heterocycles. The minimum Gasteiger partial charge on any atom is -0.388 e. The Kier molecular flexibility index (Phi) is 4.80. The summed E-state index contributed by atoms with van der Waals surface area (Å²) in [5.74, 6) is -0.278. The molecule has 0 aliphatic carbocycles. The second kappa shape index (κ2) is 6.98. The van der Waals surface area contributed by atoms with Gasteiger partial charge < -0.3 is 14.9 Å². The van der Waals surface area contributed by atoms with E-state index in [1.165, 1.54) is 12.1 Å². The van der Waals surface area contributed by atoms with Crippen molar-refractivity contribution in [3.8, 4) is 5.69 Å². The molecule has 6 nitrogen and oxygen atoms in total. The van der Waals surface area contributed by atoms with Crippen molar-refractivity contribution in [1.82, 2.24) is 14.7 Å². The van der Waals surface area contributed by atoms with Crippen LogP contribution < -0.4 is 0 Å². The zero-order chi connectivity index (χ0) is 19.1. The number of likely N-dealkylation sites (tertiary alicyclic amines) is 1. The first kappa shape index (κ1) is 18.6. The van der Waals surface area contributed by atoms with Gasteiger partial charge >= 0.3 is 0 Å². The molecular weight excluding hydrogens is 349 g/mol. The first-order valence-electron chi connectivity index (χ1n) is 9.42. The molecule has 4 rings (SSSR count). The van der Waals surface area contributed by atoms with Gasteiger partial charge in [-0.15, -0.1) is 0 Å². The molecule has 2 fully saturated rings. The Morgan fingerprint density at radius 2 is 2.11 bits per heavy atom. The SMILES string of the molecule is C[C@]1(O)CC2(CCN(Cc3cnn(-c4cccc(F)c4)c3)CC2)OC[C@@H]1O. The maximum atomic E-state index is 13.4. The zero-order valence-electron chi connectivity index (χ0n) is 15.5. The Bertz CT molecular complexity index is 799. The van der Waals surface area contributed by atoms with E-state index in [1.54, 1.807) is 17.7 Å². The fraction of sp³-hybridized carbons (Fsp3) is 0.550. The average molecular weight is 375 g/mol. The number of ether oxygens (including phenoxy) is 1. The van der Waals surface area contributed by atoms with Gasteiger partial charge in [0.15, 0.2) is 0 Å². The molecule has 0 radical (unpaired) electrons. The number of nitrogens with zero attached hydrogens (tertiary/aromatic N) is 3. The Hall–Kier alpha value is -1.80. The molecule has 27 heavy (non-hydrogen) atoms. The Labute approximate surface area is 158 Å². The predicted octanol–water partition coefficient (Wildman–Crippen LogP) is 1.88. The second-order valence-corrected chi connectivity index (χ2v) is 8.09. The molecule has 1 spiro atoms. The van der Waals surface area contributed by atoms with Crippen molar-refractivity contribution < 1.29 is 19.3 Å². The molecule has 146 valence electrons. The number of piperidine rings is 1. The number of aromatic nitrogens is 2. The minimum absolute atomic E-state index is 0.188. The van der Waals surface area contributed by atoms with E-state index < -0.39 is 11.7 Å². The van der Waals surface area contributed by atoms with Gasteiger partial charge in [-0.3, -0.25) is 4.90 Å². The smallest absolute Gasteiger partial charge is 0.125 e. The van der Waals surface area contributed by atoms with Crippen LogP contribution in [0.5, 0.6) is 0 Å². The van der Waals surface area contributed by atoms with Gasteiger partial charge in [0.1, 0.15) is 11.9 Å². The Morgan fingerprint density at radius 1 is 1.33 bits per heavy atom. The van der Waals surface area contributed by atoms with E-state index in [4.69, 9.17) is 4.74 Å². The molecule has 1 aromatic heterocycles. The molecule has 1 aromatic carbocycles. The number of aliphatic hydroxyl groups excluding tert-OH is 1. The molecule has 2 atom stereocenters. The average Bonchev–Trinajstić information content (AvgIpc) is 3.09. The summed E-state index contributed by atoms with van der Waals surface area (Å²) in [7, 11) is 0. The van der Waals surface area contributed by atoms with Gasteiger partial charge in [-0.1, -0.05) is 6.07 Å². The van der Waals surface area contributed by atoms with Gasteiger partial charge in [0.25, 0.3) is 0 Å². The van der Waals surface area contributed by atoms with Crippen LogP contribution in [-0.2, 0) is 11.3 Å². The monoisotopic (exact) mass is 375 g/mol. The molecule has 0 saturated carbocycles. The normalized spacial score (nSPS) is 28.5. The quantitative estimate of drug-likeness (QED) is 0.857. The van der Waals surface area contributed by atoms with Gasteiger partial charge in [0.2, 0.25) is 0 Å². The maximum Gasteiger partial charge on any atom is 0.125 e. The highest BCUT2D eigenvalue weighted by molar-refractivity contribution is 5.31. The molecule has 2 aliphatic rings. The van der Waals surface area contributed by atoms with Crippen LogP contribution >= 0.6 is 0 Å². The van der Waals surface area contributed by atoms with Crippen molar-refractivity contribution in [3.05, 3.63) is 48.0 Å². The summed E-state index contributed by atoms with van der Waals surface area (Å²) in [6.45, 7) is 4.36. The lowest BCUT2D eigenvalue weighted by atomic mass is 9.76. The molecule has 2 saturated heterocycles. The van der Waals surface area contributed by atoms with Crippen LogP contribution in [0, 0.1) is 5.82 Å². The standard InChI is InChI=1S/C20H26FN3O3/c1-19(26)14-20(27-13-18(19)25)5-7-23(8-6-20)11-15-10-22-24(12-15)17-4-2-3-16(21)9-17/h2-4,9-10,12,18,25-26H,5-8,11,13-14H2,1H3/t18-,19-/m0/s1. The van der Waals surface area contributed by atoms with Crippen LogP contribution in [0.2, 0.25) is 0 Å². The highest BCUT2D eigenvalue weighted by Gasteiger charge is 2.48. The number of hydrogen-bond donors (Lipinski definition) is 2. The van der Waals surface area contributed by atoms with Crippen molar-refractivity contribution in [2.24, 2.45) is 0 Å². The van der Waals surface area contributed by atoms with Crippen molar-refractivity contribution in [2.75, 3.05) is 19.7 Å². The number of benzene rings is 1. The zero-order valence-corrected chi connectivity index (χ0v) is 15.5. The van der Waals surface area contributed by atoms with E-state index in [9.17, 15) is 14.6 Å². The summed E-state index contributed by atoms with van der Waals surface area (Å²) in [6.07, 6.45) is 5.04. The van der Waals surface area contributed by atoms with Crippen LogP contribution in [0.15, 0.2) is 36.7 Å². The number of rotatable bonds is 3. The highest BCUT2D eigenvalue weighted by Crippen LogP contribution is 2.39. The lowest BCUT2D eigenvalue weighted by Gasteiger charge is -2.49. The van der Waals surface area contributed by atoms with Crippen LogP contribution in [-0.4, -0.2) is 61.9 Å². The van der Waals surface area contributed by atoms with E-state index in [2.05, 4.69) is 10.00 Å². The largest absolute Gasteiger partial charge is 0.388 e. The topological polar surface area (TPSA) is 70.8 Å². The number of hydrogen-bond acceptors (Lipinski definition) is 5. The molecule has 7 heteroatoms. The van der Waals surface area contributed by atoms with Gasteiger partial charge in [0.05, 0.1) is 29.7 Å². The molecule has 0 unspecified atom stereocenters. The summed E-state index contributed by atoms with van der Waals surface area (Å²) in [5.41, 5.74) is 0.342. The minimum atomic E-state index is -1.09. The molecule has 2 aromatic rings. The van der Waals surface area contributed by atoms with Gasteiger partial charge in [-0.05, 0) is 38.0 Å². The van der Waals surface area contributed by atoms with Crippen molar-refractivity contribution >= 4 is 0 Å². The third-order valence-corrected chi connectivity index (χ3v) is 5.83. The number of aliphatic hydroxyl groups is 2. The first-order valence-corrected chi connectivity index (χ1v) is 9.42. The van der Waals surface area contributed by atoms with Crippen LogP contribution in [0.25, 0.3) is 5.69 Å². The van der Waals surface area contributed by atoms with Crippen LogP contribution in [0.4, 0.5) is 4.39 Å². The van der Waals surface area contributed by atoms with Crippen LogP contribution in [0.1, 0.15) is 31.7 Å². The Balaban J connectivity index is 1.36. The van der Waals surface area contributed by atoms with Gasteiger partial charge in [-0.25, -0.2) is 9.07 Å². The van der Waals surface area contributed by atoms with E-state index in [1.807, 2.05) is 18.5 Å². The summed E-state index contributed by atoms with van der Waals surface area (Å²) in [4.78, 5) is 2.33.